The minimum atomic E-state index is -0.498. The van der Waals surface area contributed by atoms with Gasteiger partial charge in [0.05, 0.1) is 0 Å². The lowest BCUT2D eigenvalue weighted by molar-refractivity contribution is 0.290. The third-order valence-electron chi connectivity index (χ3n) is 2.63. The number of benzene rings is 2. The highest BCUT2D eigenvalue weighted by atomic mass is 35.5. The summed E-state index contributed by atoms with van der Waals surface area (Å²) in [5.41, 5.74) is 1.22. The lowest BCUT2D eigenvalue weighted by atomic mass is 10.2. The van der Waals surface area contributed by atoms with E-state index in [1.54, 1.807) is 18.2 Å². The van der Waals surface area contributed by atoms with E-state index in [4.69, 9.17) is 33.0 Å². The Morgan fingerprint density at radius 1 is 1.14 bits per heavy atom. The molecule has 0 unspecified atom stereocenters. The SMILES string of the molecule is OCC#Cc1ccc(F)c(OCc2cc(Cl)ccc2Cl)c1. The molecule has 2 nitrogen and oxygen atoms in total. The molecule has 0 atom stereocenters. The molecular weight excluding hydrogens is 314 g/mol. The second kappa shape index (κ2) is 7.33. The van der Waals surface area contributed by atoms with Crippen LogP contribution in [-0.4, -0.2) is 11.7 Å². The van der Waals surface area contributed by atoms with Crippen molar-refractivity contribution < 1.29 is 14.2 Å². The number of aliphatic hydroxyl groups excluding tert-OH is 1. The average Bonchev–Trinajstić information content (AvgIpc) is 2.48. The smallest absolute Gasteiger partial charge is 0.165 e. The van der Waals surface area contributed by atoms with E-state index in [9.17, 15) is 4.39 Å². The molecule has 21 heavy (non-hydrogen) atoms. The van der Waals surface area contributed by atoms with Crippen molar-refractivity contribution in [2.75, 3.05) is 6.61 Å². The molecule has 0 heterocycles. The van der Waals surface area contributed by atoms with E-state index in [1.807, 2.05) is 0 Å². The molecule has 5 heteroatoms. The largest absolute Gasteiger partial charge is 0.486 e. The summed E-state index contributed by atoms with van der Waals surface area (Å²) in [6, 6.07) is 9.22. The van der Waals surface area contributed by atoms with E-state index in [0.29, 0.717) is 21.2 Å². The van der Waals surface area contributed by atoms with Crippen molar-refractivity contribution in [2.45, 2.75) is 6.61 Å². The van der Waals surface area contributed by atoms with Crippen LogP contribution in [-0.2, 0) is 6.61 Å². The molecule has 0 saturated carbocycles. The van der Waals surface area contributed by atoms with E-state index in [0.717, 1.165) is 0 Å². The van der Waals surface area contributed by atoms with E-state index in [1.165, 1.54) is 18.2 Å². The first-order chi connectivity index (χ1) is 10.1. The summed E-state index contributed by atoms with van der Waals surface area (Å²) < 4.78 is 19.1. The van der Waals surface area contributed by atoms with Crippen molar-refractivity contribution in [1.82, 2.24) is 0 Å². The van der Waals surface area contributed by atoms with Crippen LogP contribution in [0.3, 0.4) is 0 Å². The molecule has 0 aliphatic carbocycles. The minimum Gasteiger partial charge on any atom is -0.486 e. The Balaban J connectivity index is 2.17. The molecule has 0 radical (unpaired) electrons. The zero-order valence-corrected chi connectivity index (χ0v) is 12.4. The van der Waals surface area contributed by atoms with Crippen LogP contribution in [0.5, 0.6) is 5.75 Å². The lowest BCUT2D eigenvalue weighted by Gasteiger charge is -2.09. The number of hydrogen-bond acceptors (Lipinski definition) is 2. The molecule has 0 bridgehead atoms. The van der Waals surface area contributed by atoms with Crippen molar-refractivity contribution in [3.8, 4) is 17.6 Å². The quantitative estimate of drug-likeness (QED) is 0.863. The first kappa shape index (κ1) is 15.7. The van der Waals surface area contributed by atoms with Crippen LogP contribution in [0.15, 0.2) is 36.4 Å². The topological polar surface area (TPSA) is 29.5 Å². The van der Waals surface area contributed by atoms with Crippen LogP contribution < -0.4 is 4.74 Å². The van der Waals surface area contributed by atoms with Crippen LogP contribution in [0.2, 0.25) is 10.0 Å². The zero-order valence-electron chi connectivity index (χ0n) is 10.9. The highest BCUT2D eigenvalue weighted by Crippen LogP contribution is 2.24. The van der Waals surface area contributed by atoms with Crippen molar-refractivity contribution >= 4 is 23.2 Å². The van der Waals surface area contributed by atoms with E-state index >= 15 is 0 Å². The van der Waals surface area contributed by atoms with Gasteiger partial charge in [0.25, 0.3) is 0 Å². The zero-order chi connectivity index (χ0) is 15.2. The molecule has 0 amide bonds. The number of halogens is 3. The number of aliphatic hydroxyl groups is 1. The number of hydrogen-bond donors (Lipinski definition) is 1. The second-order valence-corrected chi connectivity index (χ2v) is 4.97. The first-order valence-electron chi connectivity index (χ1n) is 6.06. The molecule has 2 aromatic carbocycles. The van der Waals surface area contributed by atoms with Gasteiger partial charge in [0, 0.05) is 21.2 Å². The maximum absolute atomic E-state index is 13.7. The Labute approximate surface area is 132 Å². The molecule has 0 aromatic heterocycles. The summed E-state index contributed by atoms with van der Waals surface area (Å²) in [6.45, 7) is -0.168. The first-order valence-corrected chi connectivity index (χ1v) is 6.82. The summed E-state index contributed by atoms with van der Waals surface area (Å²) >= 11 is 11.9. The van der Waals surface area contributed by atoms with Crippen LogP contribution in [0.25, 0.3) is 0 Å². The predicted molar refractivity (Wildman–Crippen MR) is 81.2 cm³/mol. The fourth-order valence-electron chi connectivity index (χ4n) is 1.64. The summed E-state index contributed by atoms with van der Waals surface area (Å²) in [4.78, 5) is 0. The van der Waals surface area contributed by atoms with Crippen molar-refractivity contribution in [3.63, 3.8) is 0 Å². The van der Waals surface area contributed by atoms with E-state index < -0.39 is 5.82 Å². The van der Waals surface area contributed by atoms with Gasteiger partial charge in [-0.3, -0.25) is 0 Å². The summed E-state index contributed by atoms with van der Waals surface area (Å²) in [5, 5.41) is 9.68. The van der Waals surface area contributed by atoms with Crippen molar-refractivity contribution in [3.05, 3.63) is 63.4 Å². The molecule has 0 saturated heterocycles. The van der Waals surface area contributed by atoms with Crippen LogP contribution >= 0.6 is 23.2 Å². The van der Waals surface area contributed by atoms with Gasteiger partial charge < -0.3 is 9.84 Å². The van der Waals surface area contributed by atoms with Gasteiger partial charge in [0.15, 0.2) is 11.6 Å². The Kier molecular flexibility index (Phi) is 5.46. The van der Waals surface area contributed by atoms with Crippen LogP contribution in [0.4, 0.5) is 4.39 Å². The maximum atomic E-state index is 13.7. The second-order valence-electron chi connectivity index (χ2n) is 4.13. The average molecular weight is 325 g/mol. The van der Waals surface area contributed by atoms with E-state index in [-0.39, 0.29) is 19.0 Å². The molecule has 0 aliphatic rings. The molecule has 108 valence electrons. The van der Waals surface area contributed by atoms with Crippen molar-refractivity contribution in [1.29, 1.82) is 0 Å². The molecule has 0 aliphatic heterocycles. The Bertz CT molecular complexity index is 705. The predicted octanol–water partition coefficient (Wildman–Crippen LogP) is 4.06. The molecule has 2 rings (SSSR count). The number of ether oxygens (including phenoxy) is 1. The molecule has 0 spiro atoms. The highest BCUT2D eigenvalue weighted by Gasteiger charge is 2.07. The van der Waals surface area contributed by atoms with Crippen molar-refractivity contribution in [2.24, 2.45) is 0 Å². The van der Waals surface area contributed by atoms with Gasteiger partial charge in [0.2, 0.25) is 0 Å². The fraction of sp³-hybridized carbons (Fsp3) is 0.125. The monoisotopic (exact) mass is 324 g/mol. The van der Waals surface area contributed by atoms with Gasteiger partial charge >= 0.3 is 0 Å². The van der Waals surface area contributed by atoms with Gasteiger partial charge in [0.1, 0.15) is 13.2 Å². The minimum absolute atomic E-state index is 0.0655. The van der Waals surface area contributed by atoms with Gasteiger partial charge in [-0.2, -0.15) is 0 Å². The lowest BCUT2D eigenvalue weighted by Crippen LogP contribution is -1.99. The van der Waals surface area contributed by atoms with Crippen LogP contribution in [0.1, 0.15) is 11.1 Å². The van der Waals surface area contributed by atoms with Gasteiger partial charge in [-0.15, -0.1) is 0 Å². The Morgan fingerprint density at radius 2 is 1.95 bits per heavy atom. The summed E-state index contributed by atoms with van der Waals surface area (Å²) in [7, 11) is 0. The van der Waals surface area contributed by atoms with Gasteiger partial charge in [-0.1, -0.05) is 35.0 Å². The van der Waals surface area contributed by atoms with E-state index in [2.05, 4.69) is 11.8 Å². The number of rotatable bonds is 3. The van der Waals surface area contributed by atoms with Gasteiger partial charge in [-0.25, -0.2) is 4.39 Å². The van der Waals surface area contributed by atoms with Crippen LogP contribution in [0, 0.1) is 17.7 Å². The standard InChI is InChI=1S/C16H11Cl2FO2/c17-13-4-5-14(18)12(9-13)10-21-16-8-11(2-1-7-20)3-6-15(16)19/h3-6,8-9,20H,7,10H2. The Morgan fingerprint density at radius 3 is 2.71 bits per heavy atom. The normalized spacial score (nSPS) is 9.90. The third-order valence-corrected chi connectivity index (χ3v) is 3.24. The molecule has 0 fully saturated rings. The van der Waals surface area contributed by atoms with Gasteiger partial charge in [-0.05, 0) is 36.4 Å². The maximum Gasteiger partial charge on any atom is 0.165 e. The fourth-order valence-corrected chi connectivity index (χ4v) is 2.01. The summed E-state index contributed by atoms with van der Waals surface area (Å²) in [6.07, 6.45) is 0. The highest BCUT2D eigenvalue weighted by molar-refractivity contribution is 6.33. The molecule has 2 aromatic rings. The Hall–Kier alpha value is -1.73. The molecule has 1 N–H and O–H groups in total. The summed E-state index contributed by atoms with van der Waals surface area (Å²) in [5.74, 6) is 4.75. The third kappa shape index (κ3) is 4.37. The molecular formula is C16H11Cl2FO2.